The minimum absolute atomic E-state index is 0.263. The smallest absolute Gasteiger partial charge is 0.229 e. The van der Waals surface area contributed by atoms with Crippen molar-refractivity contribution >= 4 is 22.7 Å². The number of rotatable bonds is 4. The molecule has 0 bridgehead atoms. The quantitative estimate of drug-likeness (QED) is 0.619. The van der Waals surface area contributed by atoms with Crippen LogP contribution in [-0.2, 0) is 7.05 Å². The molecule has 0 aliphatic carbocycles. The van der Waals surface area contributed by atoms with Crippen LogP contribution in [-0.4, -0.2) is 29.5 Å². The Kier molecular flexibility index (Phi) is 3.64. The molecule has 0 aliphatic heterocycles. The summed E-state index contributed by atoms with van der Waals surface area (Å²) in [5, 5.41) is 12.4. The maximum Gasteiger partial charge on any atom is 0.229 e. The summed E-state index contributed by atoms with van der Waals surface area (Å²) in [6, 6.07) is 6.39. The Morgan fingerprint density at radius 2 is 1.96 bits per heavy atom. The van der Waals surface area contributed by atoms with Gasteiger partial charge in [-0.15, -0.1) is 0 Å². The van der Waals surface area contributed by atoms with Crippen molar-refractivity contribution in [3.63, 3.8) is 0 Å². The first-order chi connectivity index (χ1) is 12.1. The molecule has 1 N–H and O–H groups in total. The zero-order valence-corrected chi connectivity index (χ0v) is 13.8. The zero-order valence-electron chi connectivity index (χ0n) is 13.8. The Labute approximate surface area is 143 Å². The number of halogens is 1. The van der Waals surface area contributed by atoms with Crippen molar-refractivity contribution in [3.8, 4) is 0 Å². The molecule has 0 amide bonds. The summed E-state index contributed by atoms with van der Waals surface area (Å²) < 4.78 is 17.5. The lowest BCUT2D eigenvalue weighted by molar-refractivity contribution is 0.530. The molecule has 0 fully saturated rings. The van der Waals surface area contributed by atoms with Gasteiger partial charge in [0.15, 0.2) is 5.65 Å². The van der Waals surface area contributed by atoms with E-state index in [2.05, 4.69) is 25.5 Å². The van der Waals surface area contributed by atoms with E-state index in [0.717, 1.165) is 11.1 Å². The van der Waals surface area contributed by atoms with Crippen LogP contribution in [0.2, 0.25) is 0 Å². The zero-order chi connectivity index (χ0) is 17.4. The topological polar surface area (TPSA) is 73.5 Å². The van der Waals surface area contributed by atoms with Crippen molar-refractivity contribution in [2.45, 2.75) is 13.0 Å². The lowest BCUT2D eigenvalue weighted by Crippen LogP contribution is -2.11. The first-order valence-electron chi connectivity index (χ1n) is 7.82. The van der Waals surface area contributed by atoms with E-state index in [-0.39, 0.29) is 11.9 Å². The third kappa shape index (κ3) is 2.82. The molecule has 7 nitrogen and oxygen atoms in total. The maximum absolute atomic E-state index is 14.1. The standard InChI is InChI=1S/C17H16FN7/c1-11(14-5-3-4-6-15(14)18)25-16-12(8-21-25)7-19-17(23-16)22-13-9-20-24(2)10-13/h3-11H,1-2H3,(H,19,22,23). The van der Waals surface area contributed by atoms with Crippen LogP contribution in [0.15, 0.2) is 49.1 Å². The Morgan fingerprint density at radius 1 is 1.12 bits per heavy atom. The number of fused-ring (bicyclic) bond motifs is 1. The molecule has 0 saturated carbocycles. The average Bonchev–Trinajstić information content (AvgIpc) is 3.20. The van der Waals surface area contributed by atoms with Crippen molar-refractivity contribution < 1.29 is 4.39 Å². The van der Waals surface area contributed by atoms with E-state index in [4.69, 9.17) is 0 Å². The number of hydrogen-bond donors (Lipinski definition) is 1. The summed E-state index contributed by atoms with van der Waals surface area (Å²) in [6.07, 6.45) is 6.89. The monoisotopic (exact) mass is 337 g/mol. The lowest BCUT2D eigenvalue weighted by Gasteiger charge is -2.14. The molecule has 0 spiro atoms. The predicted octanol–water partition coefficient (Wildman–Crippen LogP) is 3.05. The van der Waals surface area contributed by atoms with E-state index in [0.29, 0.717) is 17.2 Å². The second kappa shape index (κ2) is 5.97. The molecule has 3 heterocycles. The van der Waals surface area contributed by atoms with Crippen LogP contribution < -0.4 is 5.32 Å². The summed E-state index contributed by atoms with van der Waals surface area (Å²) in [7, 11) is 1.83. The molecule has 8 heteroatoms. The predicted molar refractivity (Wildman–Crippen MR) is 92.0 cm³/mol. The van der Waals surface area contributed by atoms with Gasteiger partial charge in [-0.05, 0) is 13.0 Å². The molecule has 4 rings (SSSR count). The van der Waals surface area contributed by atoms with Crippen LogP contribution in [0.1, 0.15) is 18.5 Å². The Morgan fingerprint density at radius 3 is 2.72 bits per heavy atom. The molecule has 1 atom stereocenters. The van der Waals surface area contributed by atoms with Crippen LogP contribution in [0.5, 0.6) is 0 Å². The highest BCUT2D eigenvalue weighted by Crippen LogP contribution is 2.24. The number of hydrogen-bond acceptors (Lipinski definition) is 5. The maximum atomic E-state index is 14.1. The summed E-state index contributed by atoms with van der Waals surface area (Å²) in [5.74, 6) is 0.171. The van der Waals surface area contributed by atoms with E-state index in [1.165, 1.54) is 6.07 Å². The second-order valence-electron chi connectivity index (χ2n) is 5.79. The van der Waals surface area contributed by atoms with Gasteiger partial charge in [0.25, 0.3) is 0 Å². The number of benzene rings is 1. The van der Waals surface area contributed by atoms with E-state index in [1.54, 1.807) is 40.1 Å². The van der Waals surface area contributed by atoms with Crippen LogP contribution >= 0.6 is 0 Å². The summed E-state index contributed by atoms with van der Waals surface area (Å²) in [4.78, 5) is 8.82. The molecular weight excluding hydrogens is 321 g/mol. The molecule has 0 radical (unpaired) electrons. The van der Waals surface area contributed by atoms with Gasteiger partial charge in [0.2, 0.25) is 5.95 Å². The molecule has 126 valence electrons. The second-order valence-corrected chi connectivity index (χ2v) is 5.79. The van der Waals surface area contributed by atoms with Gasteiger partial charge >= 0.3 is 0 Å². The van der Waals surface area contributed by atoms with Gasteiger partial charge in [-0.1, -0.05) is 18.2 Å². The number of aryl methyl sites for hydroxylation is 1. The highest BCUT2D eigenvalue weighted by Gasteiger charge is 2.17. The third-order valence-corrected chi connectivity index (χ3v) is 4.02. The minimum atomic E-state index is -0.292. The highest BCUT2D eigenvalue weighted by molar-refractivity contribution is 5.75. The van der Waals surface area contributed by atoms with E-state index < -0.39 is 0 Å². The Hall–Kier alpha value is -3.29. The number of aromatic nitrogens is 6. The Balaban J connectivity index is 1.72. The molecule has 1 aromatic carbocycles. The first-order valence-corrected chi connectivity index (χ1v) is 7.82. The van der Waals surface area contributed by atoms with E-state index in [1.807, 2.05) is 26.2 Å². The molecule has 0 aliphatic rings. The third-order valence-electron chi connectivity index (χ3n) is 4.02. The van der Waals surface area contributed by atoms with Crippen molar-refractivity contribution in [1.82, 2.24) is 29.5 Å². The summed E-state index contributed by atoms with van der Waals surface area (Å²) in [5.41, 5.74) is 1.99. The van der Waals surface area contributed by atoms with Crippen LogP contribution in [0.4, 0.5) is 16.0 Å². The van der Waals surface area contributed by atoms with Crippen molar-refractivity contribution in [3.05, 3.63) is 60.4 Å². The van der Waals surface area contributed by atoms with Gasteiger partial charge in [0.05, 0.1) is 29.5 Å². The first kappa shape index (κ1) is 15.3. The van der Waals surface area contributed by atoms with Gasteiger partial charge in [0, 0.05) is 25.0 Å². The number of nitrogens with one attached hydrogen (secondary N) is 1. The van der Waals surface area contributed by atoms with Gasteiger partial charge < -0.3 is 5.32 Å². The van der Waals surface area contributed by atoms with Gasteiger partial charge in [-0.25, -0.2) is 14.1 Å². The van der Waals surface area contributed by atoms with Gasteiger partial charge in [0.1, 0.15) is 5.82 Å². The van der Waals surface area contributed by atoms with Crippen LogP contribution in [0.3, 0.4) is 0 Å². The summed E-state index contributed by atoms with van der Waals surface area (Å²) >= 11 is 0. The van der Waals surface area contributed by atoms with E-state index >= 15 is 0 Å². The molecule has 4 aromatic rings. The van der Waals surface area contributed by atoms with Gasteiger partial charge in [-0.3, -0.25) is 4.68 Å². The molecule has 25 heavy (non-hydrogen) atoms. The number of nitrogens with zero attached hydrogens (tertiary/aromatic N) is 6. The highest BCUT2D eigenvalue weighted by atomic mass is 19.1. The van der Waals surface area contributed by atoms with Crippen LogP contribution in [0.25, 0.3) is 11.0 Å². The van der Waals surface area contributed by atoms with Crippen LogP contribution in [0, 0.1) is 5.82 Å². The minimum Gasteiger partial charge on any atom is -0.321 e. The molecule has 0 saturated heterocycles. The fourth-order valence-corrected chi connectivity index (χ4v) is 2.74. The Bertz CT molecular complexity index is 1040. The molecule has 1 unspecified atom stereocenters. The van der Waals surface area contributed by atoms with Crippen molar-refractivity contribution in [2.24, 2.45) is 7.05 Å². The molecular formula is C17H16FN7. The summed E-state index contributed by atoms with van der Waals surface area (Å²) in [6.45, 7) is 1.89. The van der Waals surface area contributed by atoms with E-state index in [9.17, 15) is 4.39 Å². The fourth-order valence-electron chi connectivity index (χ4n) is 2.74. The SMILES string of the molecule is CC(c1ccccc1F)n1ncc2cnc(Nc3cnn(C)c3)nc21. The van der Waals surface area contributed by atoms with Crippen molar-refractivity contribution in [1.29, 1.82) is 0 Å². The lowest BCUT2D eigenvalue weighted by atomic mass is 10.1. The van der Waals surface area contributed by atoms with Crippen molar-refractivity contribution in [2.75, 3.05) is 5.32 Å². The normalized spacial score (nSPS) is 12.4. The molecule has 3 aromatic heterocycles. The largest absolute Gasteiger partial charge is 0.321 e. The average molecular weight is 337 g/mol. The fraction of sp³-hybridized carbons (Fsp3) is 0.176. The van der Waals surface area contributed by atoms with Gasteiger partial charge in [-0.2, -0.15) is 15.2 Å². The number of anilines is 2.